The summed E-state index contributed by atoms with van der Waals surface area (Å²) in [5, 5.41) is 3.77. The summed E-state index contributed by atoms with van der Waals surface area (Å²) in [6.07, 6.45) is 1.94. The zero-order chi connectivity index (χ0) is 23.5. The predicted octanol–water partition coefficient (Wildman–Crippen LogP) is 6.12. The molecule has 3 aromatic rings. The van der Waals surface area contributed by atoms with Gasteiger partial charge in [-0.15, -0.1) is 0 Å². The topological polar surface area (TPSA) is 52.7 Å². The second kappa shape index (κ2) is 9.86. The summed E-state index contributed by atoms with van der Waals surface area (Å²) in [6, 6.07) is 20.0. The van der Waals surface area contributed by atoms with Crippen LogP contribution in [0.1, 0.15) is 39.1 Å². The number of nitrogens with one attached hydrogen (secondary N) is 1. The van der Waals surface area contributed by atoms with Crippen LogP contribution in [0.15, 0.2) is 66.7 Å². The second-order valence-electron chi connectivity index (χ2n) is 8.32. The molecule has 2 amide bonds. The van der Waals surface area contributed by atoms with Crippen LogP contribution in [-0.2, 0) is 6.54 Å². The maximum absolute atomic E-state index is 13.4. The van der Waals surface area contributed by atoms with Crippen molar-refractivity contribution in [1.82, 2.24) is 4.90 Å². The fraction of sp³-hybridized carbons (Fsp3) is 0.231. The molecule has 0 unspecified atom stereocenters. The van der Waals surface area contributed by atoms with Crippen molar-refractivity contribution in [1.29, 1.82) is 0 Å². The molecule has 1 N–H and O–H groups in total. The van der Waals surface area contributed by atoms with E-state index >= 15 is 0 Å². The normalized spacial score (nSPS) is 12.8. The standard InChI is InChI=1S/C26H25Cl2N3O2/c1-30(2)24-14-11-18(29-25(32)20-7-3-5-9-22(20)27)15-17(24)16-31(19-12-13-19)26(33)21-8-4-6-10-23(21)28/h3-11,14-15,19H,12-13,16H2,1-2H3,(H,29,32). The molecule has 1 aliphatic carbocycles. The quantitative estimate of drug-likeness (QED) is 0.442. The van der Waals surface area contributed by atoms with E-state index in [9.17, 15) is 9.59 Å². The summed E-state index contributed by atoms with van der Waals surface area (Å²) in [5.41, 5.74) is 3.46. The molecule has 3 aromatic carbocycles. The second-order valence-corrected chi connectivity index (χ2v) is 9.13. The maximum Gasteiger partial charge on any atom is 0.257 e. The predicted molar refractivity (Wildman–Crippen MR) is 135 cm³/mol. The average Bonchev–Trinajstić information content (AvgIpc) is 3.63. The van der Waals surface area contributed by atoms with Crippen LogP contribution in [0.4, 0.5) is 11.4 Å². The zero-order valence-electron chi connectivity index (χ0n) is 18.5. The molecule has 0 aliphatic heterocycles. The highest BCUT2D eigenvalue weighted by Crippen LogP contribution is 2.34. The molecule has 0 radical (unpaired) electrons. The Bertz CT molecular complexity index is 1190. The van der Waals surface area contributed by atoms with Crippen molar-refractivity contribution in [2.45, 2.75) is 25.4 Å². The molecule has 0 bridgehead atoms. The number of nitrogens with zero attached hydrogens (tertiary/aromatic N) is 2. The third-order valence-electron chi connectivity index (χ3n) is 5.63. The molecule has 0 atom stereocenters. The number of hydrogen-bond acceptors (Lipinski definition) is 3. The van der Waals surface area contributed by atoms with Gasteiger partial charge in [-0.25, -0.2) is 0 Å². The fourth-order valence-corrected chi connectivity index (χ4v) is 4.23. The highest BCUT2D eigenvalue weighted by molar-refractivity contribution is 6.34. The van der Waals surface area contributed by atoms with Gasteiger partial charge in [-0.3, -0.25) is 9.59 Å². The third-order valence-corrected chi connectivity index (χ3v) is 6.29. The molecular formula is C26H25Cl2N3O2. The number of benzene rings is 3. The Kier molecular flexibility index (Phi) is 6.91. The van der Waals surface area contributed by atoms with E-state index in [1.54, 1.807) is 36.4 Å². The van der Waals surface area contributed by atoms with E-state index < -0.39 is 0 Å². The molecule has 170 valence electrons. The first-order valence-electron chi connectivity index (χ1n) is 10.8. The Labute approximate surface area is 203 Å². The average molecular weight is 482 g/mol. The molecule has 0 aromatic heterocycles. The van der Waals surface area contributed by atoms with Gasteiger partial charge in [0.15, 0.2) is 0 Å². The minimum Gasteiger partial charge on any atom is -0.377 e. The number of carbonyl (C=O) groups is 2. The highest BCUT2D eigenvalue weighted by atomic mass is 35.5. The summed E-state index contributed by atoms with van der Waals surface area (Å²) < 4.78 is 0. The molecule has 0 spiro atoms. The molecular weight excluding hydrogens is 457 g/mol. The van der Waals surface area contributed by atoms with Gasteiger partial charge in [0.25, 0.3) is 11.8 Å². The van der Waals surface area contributed by atoms with Gasteiger partial charge in [-0.1, -0.05) is 47.5 Å². The molecule has 4 rings (SSSR count). The Morgan fingerprint density at radius 2 is 1.52 bits per heavy atom. The summed E-state index contributed by atoms with van der Waals surface area (Å²) in [4.78, 5) is 30.0. The van der Waals surface area contributed by atoms with Crippen molar-refractivity contribution < 1.29 is 9.59 Å². The van der Waals surface area contributed by atoms with Crippen molar-refractivity contribution in [3.05, 3.63) is 93.5 Å². The number of carbonyl (C=O) groups excluding carboxylic acids is 2. The van der Waals surface area contributed by atoms with Gasteiger partial charge >= 0.3 is 0 Å². The van der Waals surface area contributed by atoms with Gasteiger partial charge in [-0.05, 0) is 60.9 Å². The van der Waals surface area contributed by atoms with E-state index in [0.717, 1.165) is 24.1 Å². The van der Waals surface area contributed by atoms with E-state index in [1.165, 1.54) is 0 Å². The Morgan fingerprint density at radius 3 is 2.09 bits per heavy atom. The number of hydrogen-bond donors (Lipinski definition) is 1. The first-order chi connectivity index (χ1) is 15.8. The van der Waals surface area contributed by atoms with E-state index in [4.69, 9.17) is 23.2 Å². The van der Waals surface area contributed by atoms with Crippen LogP contribution in [0.3, 0.4) is 0 Å². The van der Waals surface area contributed by atoms with Crippen LogP contribution in [0, 0.1) is 0 Å². The molecule has 0 saturated heterocycles. The lowest BCUT2D eigenvalue weighted by Gasteiger charge is -2.26. The molecule has 33 heavy (non-hydrogen) atoms. The number of halogens is 2. The van der Waals surface area contributed by atoms with E-state index in [2.05, 4.69) is 5.32 Å². The lowest BCUT2D eigenvalue weighted by atomic mass is 10.1. The van der Waals surface area contributed by atoms with E-state index in [-0.39, 0.29) is 17.9 Å². The van der Waals surface area contributed by atoms with Gasteiger partial charge in [0.2, 0.25) is 0 Å². The minimum absolute atomic E-state index is 0.0849. The fourth-order valence-electron chi connectivity index (χ4n) is 3.80. The largest absolute Gasteiger partial charge is 0.377 e. The summed E-state index contributed by atoms with van der Waals surface area (Å²) >= 11 is 12.5. The summed E-state index contributed by atoms with van der Waals surface area (Å²) in [7, 11) is 3.91. The van der Waals surface area contributed by atoms with Crippen molar-refractivity contribution in [2.24, 2.45) is 0 Å². The smallest absolute Gasteiger partial charge is 0.257 e. The lowest BCUT2D eigenvalue weighted by molar-refractivity contribution is 0.0730. The molecule has 1 aliphatic rings. The monoisotopic (exact) mass is 481 g/mol. The first kappa shape index (κ1) is 23.1. The van der Waals surface area contributed by atoms with Crippen molar-refractivity contribution in [3.8, 4) is 0 Å². The van der Waals surface area contributed by atoms with Crippen LogP contribution >= 0.6 is 23.2 Å². The van der Waals surface area contributed by atoms with Crippen molar-refractivity contribution in [3.63, 3.8) is 0 Å². The van der Waals surface area contributed by atoms with Gasteiger partial charge in [0.1, 0.15) is 0 Å². The van der Waals surface area contributed by atoms with Crippen LogP contribution < -0.4 is 10.2 Å². The third kappa shape index (κ3) is 5.32. The van der Waals surface area contributed by atoms with Crippen LogP contribution in [-0.4, -0.2) is 36.9 Å². The molecule has 5 nitrogen and oxygen atoms in total. The lowest BCUT2D eigenvalue weighted by Crippen LogP contribution is -2.33. The maximum atomic E-state index is 13.4. The number of anilines is 2. The van der Waals surface area contributed by atoms with Gasteiger partial charge in [-0.2, -0.15) is 0 Å². The zero-order valence-corrected chi connectivity index (χ0v) is 20.0. The minimum atomic E-state index is -0.282. The van der Waals surface area contributed by atoms with Crippen LogP contribution in [0.25, 0.3) is 0 Å². The van der Waals surface area contributed by atoms with Crippen LogP contribution in [0.2, 0.25) is 10.0 Å². The SMILES string of the molecule is CN(C)c1ccc(NC(=O)c2ccccc2Cl)cc1CN(C(=O)c1ccccc1Cl)C1CC1. The molecule has 7 heteroatoms. The van der Waals surface area contributed by atoms with E-state index in [0.29, 0.717) is 33.4 Å². The number of amides is 2. The van der Waals surface area contributed by atoms with E-state index in [1.807, 2.05) is 54.2 Å². The Balaban J connectivity index is 1.62. The van der Waals surface area contributed by atoms with Crippen LogP contribution in [0.5, 0.6) is 0 Å². The summed E-state index contributed by atoms with van der Waals surface area (Å²) in [6.45, 7) is 0.415. The van der Waals surface area contributed by atoms with Crippen molar-refractivity contribution in [2.75, 3.05) is 24.3 Å². The molecule has 0 heterocycles. The molecule has 1 fully saturated rings. The van der Waals surface area contributed by atoms with Crippen molar-refractivity contribution >= 4 is 46.4 Å². The Hall–Kier alpha value is -3.02. The first-order valence-corrected chi connectivity index (χ1v) is 11.5. The van der Waals surface area contributed by atoms with Gasteiger partial charge < -0.3 is 15.1 Å². The number of rotatable bonds is 7. The molecule has 1 saturated carbocycles. The Morgan fingerprint density at radius 1 is 0.909 bits per heavy atom. The summed E-state index contributed by atoms with van der Waals surface area (Å²) in [5.74, 6) is -0.367. The van der Waals surface area contributed by atoms with Gasteiger partial charge in [0.05, 0.1) is 21.2 Å². The van der Waals surface area contributed by atoms with Gasteiger partial charge in [0, 0.05) is 38.1 Å². The highest BCUT2D eigenvalue weighted by Gasteiger charge is 2.34.